The van der Waals surface area contributed by atoms with Gasteiger partial charge < -0.3 is 10.2 Å². The van der Waals surface area contributed by atoms with Crippen LogP contribution in [0.2, 0.25) is 0 Å². The van der Waals surface area contributed by atoms with Crippen molar-refractivity contribution in [2.24, 2.45) is 0 Å². The molecule has 0 saturated carbocycles. The van der Waals surface area contributed by atoms with E-state index in [1.807, 2.05) is 0 Å². The quantitative estimate of drug-likeness (QED) is 0.744. The second-order valence-corrected chi connectivity index (χ2v) is 4.47. The molecule has 0 aromatic rings. The van der Waals surface area contributed by atoms with Crippen molar-refractivity contribution >= 4 is 5.91 Å². The maximum Gasteiger partial charge on any atom is 0.397 e. The van der Waals surface area contributed by atoms with Gasteiger partial charge in [-0.1, -0.05) is 0 Å². The van der Waals surface area contributed by atoms with Crippen LogP contribution < -0.4 is 5.32 Å². The highest BCUT2D eigenvalue weighted by Crippen LogP contribution is 2.31. The summed E-state index contributed by atoms with van der Waals surface area (Å²) in [4.78, 5) is 13.1. The number of halogens is 3. The topological polar surface area (TPSA) is 32.3 Å². The molecule has 0 aromatic heterocycles. The molecule has 0 spiro atoms. The van der Waals surface area contributed by atoms with Crippen LogP contribution in [-0.4, -0.2) is 42.2 Å². The zero-order valence-electron chi connectivity index (χ0n) is 8.89. The van der Waals surface area contributed by atoms with E-state index in [0.717, 1.165) is 25.8 Å². The van der Waals surface area contributed by atoms with E-state index in [2.05, 4.69) is 5.32 Å². The molecule has 0 aliphatic carbocycles. The molecule has 16 heavy (non-hydrogen) atoms. The standard InChI is InChI=1S/C10H15F3N2O/c11-10(12,13)5-9(16)15-7-1-2-8(15)6-14-4-3-7/h7-8,14H,1-6H2. The predicted octanol–water partition coefficient (Wildman–Crippen LogP) is 1.29. The summed E-state index contributed by atoms with van der Waals surface area (Å²) >= 11 is 0. The van der Waals surface area contributed by atoms with Gasteiger partial charge in [-0.25, -0.2) is 0 Å². The monoisotopic (exact) mass is 236 g/mol. The second-order valence-electron chi connectivity index (χ2n) is 4.47. The molecule has 2 heterocycles. The third-order valence-electron chi connectivity index (χ3n) is 3.29. The van der Waals surface area contributed by atoms with Crippen LogP contribution in [0.4, 0.5) is 13.2 Å². The first kappa shape index (κ1) is 11.7. The van der Waals surface area contributed by atoms with Crippen LogP contribution in [-0.2, 0) is 4.79 Å². The van der Waals surface area contributed by atoms with Crippen molar-refractivity contribution in [2.75, 3.05) is 13.1 Å². The Kier molecular flexibility index (Phi) is 3.10. The van der Waals surface area contributed by atoms with E-state index in [0.29, 0.717) is 6.54 Å². The molecule has 0 radical (unpaired) electrons. The van der Waals surface area contributed by atoms with Gasteiger partial charge in [0.2, 0.25) is 5.91 Å². The smallest absolute Gasteiger partial charge is 0.335 e. The van der Waals surface area contributed by atoms with Crippen LogP contribution >= 0.6 is 0 Å². The summed E-state index contributed by atoms with van der Waals surface area (Å²) in [5.74, 6) is -0.760. The zero-order chi connectivity index (χ0) is 11.8. The van der Waals surface area contributed by atoms with Gasteiger partial charge in [-0.3, -0.25) is 4.79 Å². The average molecular weight is 236 g/mol. The summed E-state index contributed by atoms with van der Waals surface area (Å²) in [6.07, 6.45) is -3.28. The molecular formula is C10H15F3N2O. The SMILES string of the molecule is O=C(CC(F)(F)F)N1C2CCNCC1CC2. The zero-order valence-corrected chi connectivity index (χ0v) is 8.89. The third-order valence-corrected chi connectivity index (χ3v) is 3.29. The molecule has 2 atom stereocenters. The molecule has 2 aliphatic heterocycles. The molecule has 0 aromatic carbocycles. The maximum atomic E-state index is 12.2. The van der Waals surface area contributed by atoms with E-state index >= 15 is 0 Å². The van der Waals surface area contributed by atoms with Crippen LogP contribution in [0, 0.1) is 0 Å². The van der Waals surface area contributed by atoms with Crippen molar-refractivity contribution in [1.29, 1.82) is 0 Å². The van der Waals surface area contributed by atoms with Crippen molar-refractivity contribution in [3.05, 3.63) is 0 Å². The van der Waals surface area contributed by atoms with Crippen LogP contribution in [0.5, 0.6) is 0 Å². The lowest BCUT2D eigenvalue weighted by atomic mass is 10.1. The molecule has 92 valence electrons. The van der Waals surface area contributed by atoms with Crippen LogP contribution in [0.15, 0.2) is 0 Å². The first-order chi connectivity index (χ1) is 7.47. The van der Waals surface area contributed by atoms with Crippen molar-refractivity contribution in [3.8, 4) is 0 Å². The molecule has 6 heteroatoms. The molecule has 2 unspecified atom stereocenters. The summed E-state index contributed by atoms with van der Waals surface area (Å²) in [6, 6.07) is -0.0304. The van der Waals surface area contributed by atoms with Gasteiger partial charge in [0.05, 0.1) is 0 Å². The molecule has 2 aliphatic rings. The number of alkyl halides is 3. The Labute approximate surface area is 92.0 Å². The number of nitrogens with zero attached hydrogens (tertiary/aromatic N) is 1. The first-order valence-electron chi connectivity index (χ1n) is 5.56. The number of nitrogens with one attached hydrogen (secondary N) is 1. The highest BCUT2D eigenvalue weighted by molar-refractivity contribution is 5.78. The van der Waals surface area contributed by atoms with Gasteiger partial charge in [0.1, 0.15) is 6.42 Å². The summed E-state index contributed by atoms with van der Waals surface area (Å²) in [5.41, 5.74) is 0. The Hall–Kier alpha value is -0.780. The van der Waals surface area contributed by atoms with E-state index in [4.69, 9.17) is 0 Å². The van der Waals surface area contributed by atoms with Gasteiger partial charge in [-0.15, -0.1) is 0 Å². The third kappa shape index (κ3) is 2.48. The van der Waals surface area contributed by atoms with E-state index in [9.17, 15) is 18.0 Å². The van der Waals surface area contributed by atoms with Gasteiger partial charge in [0, 0.05) is 18.6 Å². The number of rotatable bonds is 1. The van der Waals surface area contributed by atoms with Gasteiger partial charge >= 0.3 is 6.18 Å². The molecular weight excluding hydrogens is 221 g/mol. The molecule has 2 bridgehead atoms. The predicted molar refractivity (Wildman–Crippen MR) is 51.8 cm³/mol. The summed E-state index contributed by atoms with van der Waals surface area (Å²) in [6.45, 7) is 1.41. The summed E-state index contributed by atoms with van der Waals surface area (Å²) in [5, 5.41) is 3.15. The molecule has 2 fully saturated rings. The number of hydrogen-bond donors (Lipinski definition) is 1. The van der Waals surface area contributed by atoms with Crippen molar-refractivity contribution < 1.29 is 18.0 Å². The van der Waals surface area contributed by atoms with Gasteiger partial charge in [0.25, 0.3) is 0 Å². The highest BCUT2D eigenvalue weighted by Gasteiger charge is 2.42. The van der Waals surface area contributed by atoms with Gasteiger partial charge in [-0.2, -0.15) is 13.2 Å². The minimum Gasteiger partial charge on any atom is -0.335 e. The minimum atomic E-state index is -4.39. The number of carbonyl (C=O) groups is 1. The van der Waals surface area contributed by atoms with Crippen molar-refractivity contribution in [1.82, 2.24) is 10.2 Å². The molecule has 2 rings (SSSR count). The maximum absolute atomic E-state index is 12.2. The molecule has 3 nitrogen and oxygen atoms in total. The largest absolute Gasteiger partial charge is 0.397 e. The number of carbonyl (C=O) groups excluding carboxylic acids is 1. The Bertz CT molecular complexity index is 266. The summed E-state index contributed by atoms with van der Waals surface area (Å²) in [7, 11) is 0. The lowest BCUT2D eigenvalue weighted by molar-refractivity contribution is -0.163. The van der Waals surface area contributed by atoms with Crippen LogP contribution in [0.3, 0.4) is 0 Å². The highest BCUT2D eigenvalue weighted by atomic mass is 19.4. The molecule has 1 amide bonds. The second kappa shape index (κ2) is 4.24. The number of hydrogen-bond acceptors (Lipinski definition) is 2. The Balaban J connectivity index is 2.05. The molecule has 2 saturated heterocycles. The lowest BCUT2D eigenvalue weighted by Crippen LogP contribution is -2.44. The molecule has 1 N–H and O–H groups in total. The van der Waals surface area contributed by atoms with Gasteiger partial charge in [0.15, 0.2) is 0 Å². The number of amides is 1. The Morgan fingerprint density at radius 3 is 2.62 bits per heavy atom. The van der Waals surface area contributed by atoms with E-state index in [-0.39, 0.29) is 12.1 Å². The first-order valence-corrected chi connectivity index (χ1v) is 5.56. The Morgan fingerprint density at radius 1 is 1.25 bits per heavy atom. The van der Waals surface area contributed by atoms with Gasteiger partial charge in [-0.05, 0) is 25.8 Å². The fourth-order valence-corrected chi connectivity index (χ4v) is 2.65. The number of fused-ring (bicyclic) bond motifs is 2. The fourth-order valence-electron chi connectivity index (χ4n) is 2.65. The lowest BCUT2D eigenvalue weighted by Gasteiger charge is -2.28. The van der Waals surface area contributed by atoms with E-state index in [1.54, 1.807) is 0 Å². The van der Waals surface area contributed by atoms with Crippen LogP contribution in [0.1, 0.15) is 25.7 Å². The van der Waals surface area contributed by atoms with Crippen molar-refractivity contribution in [2.45, 2.75) is 43.9 Å². The van der Waals surface area contributed by atoms with Crippen LogP contribution in [0.25, 0.3) is 0 Å². The average Bonchev–Trinajstić information content (AvgIpc) is 2.36. The van der Waals surface area contributed by atoms with Crippen molar-refractivity contribution in [3.63, 3.8) is 0 Å². The fraction of sp³-hybridized carbons (Fsp3) is 0.900. The van der Waals surface area contributed by atoms with E-state index in [1.165, 1.54) is 4.90 Å². The summed E-state index contributed by atoms with van der Waals surface area (Å²) < 4.78 is 36.5. The minimum absolute atomic E-state index is 0.00912. The van der Waals surface area contributed by atoms with E-state index < -0.39 is 18.5 Å². The Morgan fingerprint density at radius 2 is 1.94 bits per heavy atom. The normalized spacial score (nSPS) is 30.3.